The summed E-state index contributed by atoms with van der Waals surface area (Å²) in [6.07, 6.45) is 0.405. The molecule has 4 aromatic rings. The quantitative estimate of drug-likeness (QED) is 0.296. The monoisotopic (exact) mass is 498 g/mol. The normalized spacial score (nSPS) is 14.6. The SMILES string of the molecule is CC(C)(C)OC(=O)Nc1ccc(N2c3nc(-c4ccccc4)ccc3NC2c2cccnc2N)cc1F. The number of anilines is 5. The van der Waals surface area contributed by atoms with E-state index in [1.54, 1.807) is 39.1 Å². The van der Waals surface area contributed by atoms with Gasteiger partial charge >= 0.3 is 6.09 Å². The Labute approximate surface area is 214 Å². The zero-order chi connectivity index (χ0) is 26.2. The van der Waals surface area contributed by atoms with Gasteiger partial charge in [0.1, 0.15) is 23.4 Å². The lowest BCUT2D eigenvalue weighted by Gasteiger charge is -2.27. The molecule has 0 radical (unpaired) electrons. The number of hydrogen-bond acceptors (Lipinski definition) is 7. The number of amides is 1. The number of rotatable bonds is 4. The minimum Gasteiger partial charge on any atom is -0.444 e. The molecule has 8 nitrogen and oxygen atoms in total. The van der Waals surface area contributed by atoms with Crippen molar-refractivity contribution in [2.45, 2.75) is 32.5 Å². The highest BCUT2D eigenvalue weighted by Gasteiger charge is 2.34. The fraction of sp³-hybridized carbons (Fsp3) is 0.179. The summed E-state index contributed by atoms with van der Waals surface area (Å²) in [5, 5.41) is 5.91. The first-order chi connectivity index (χ1) is 17.7. The molecule has 5 rings (SSSR count). The summed E-state index contributed by atoms with van der Waals surface area (Å²) in [7, 11) is 0. The van der Waals surface area contributed by atoms with Crippen molar-refractivity contribution in [2.24, 2.45) is 0 Å². The minimum atomic E-state index is -0.734. The van der Waals surface area contributed by atoms with Crippen molar-refractivity contribution in [2.75, 3.05) is 21.3 Å². The average molecular weight is 499 g/mol. The van der Waals surface area contributed by atoms with Crippen LogP contribution in [0.5, 0.6) is 0 Å². The summed E-state index contributed by atoms with van der Waals surface area (Å²) in [6.45, 7) is 5.22. The molecule has 3 heterocycles. The summed E-state index contributed by atoms with van der Waals surface area (Å²) >= 11 is 0. The maximum atomic E-state index is 15.3. The number of carbonyl (C=O) groups is 1. The molecule has 9 heteroatoms. The van der Waals surface area contributed by atoms with Gasteiger partial charge in [-0.15, -0.1) is 0 Å². The molecule has 0 fully saturated rings. The van der Waals surface area contributed by atoms with E-state index in [2.05, 4.69) is 15.6 Å². The van der Waals surface area contributed by atoms with Gasteiger partial charge in [-0.2, -0.15) is 0 Å². The van der Waals surface area contributed by atoms with Crippen LogP contribution in [0.3, 0.4) is 0 Å². The number of carbonyl (C=O) groups excluding carboxylic acids is 1. The highest BCUT2D eigenvalue weighted by molar-refractivity contribution is 5.87. The Balaban J connectivity index is 1.55. The fourth-order valence-corrected chi connectivity index (χ4v) is 4.17. The van der Waals surface area contributed by atoms with Crippen LogP contribution in [0.25, 0.3) is 11.3 Å². The number of nitrogen functional groups attached to an aromatic ring is 1. The van der Waals surface area contributed by atoms with E-state index in [4.69, 9.17) is 15.5 Å². The molecule has 1 aliphatic heterocycles. The molecule has 1 aliphatic rings. The van der Waals surface area contributed by atoms with Crippen molar-refractivity contribution in [1.29, 1.82) is 0 Å². The second-order valence-electron chi connectivity index (χ2n) is 9.62. The molecule has 4 N–H and O–H groups in total. The van der Waals surface area contributed by atoms with Gasteiger partial charge in [0.15, 0.2) is 5.82 Å². The molecule has 1 unspecified atom stereocenters. The zero-order valence-electron chi connectivity index (χ0n) is 20.7. The smallest absolute Gasteiger partial charge is 0.412 e. The Morgan fingerprint density at radius 1 is 1.08 bits per heavy atom. The van der Waals surface area contributed by atoms with Crippen LogP contribution in [-0.2, 0) is 4.74 Å². The molecule has 0 bridgehead atoms. The van der Waals surface area contributed by atoms with Gasteiger partial charge in [-0.25, -0.2) is 19.2 Å². The van der Waals surface area contributed by atoms with E-state index in [1.165, 1.54) is 12.1 Å². The van der Waals surface area contributed by atoms with Gasteiger partial charge in [0.2, 0.25) is 0 Å². The first-order valence-corrected chi connectivity index (χ1v) is 11.8. The lowest BCUT2D eigenvalue weighted by molar-refractivity contribution is 0.0635. The van der Waals surface area contributed by atoms with E-state index >= 15 is 4.39 Å². The van der Waals surface area contributed by atoms with Crippen LogP contribution in [0.15, 0.2) is 79.0 Å². The molecule has 0 saturated heterocycles. The standard InChI is InChI=1S/C28H27FN6O2/c1-28(2,3)37-27(36)34-22-12-11-18(16-20(22)29)35-25(19-10-7-15-31-24(19)30)33-23-14-13-21(32-26(23)35)17-8-5-4-6-9-17/h4-16,25,33H,1-3H3,(H2,30,31)(H,34,36). The van der Waals surface area contributed by atoms with Gasteiger partial charge < -0.3 is 15.8 Å². The first-order valence-electron chi connectivity index (χ1n) is 11.8. The number of fused-ring (bicyclic) bond motifs is 1. The fourth-order valence-electron chi connectivity index (χ4n) is 4.17. The number of pyridine rings is 2. The lowest BCUT2D eigenvalue weighted by Crippen LogP contribution is -2.27. The third-order valence-corrected chi connectivity index (χ3v) is 5.76. The second-order valence-corrected chi connectivity index (χ2v) is 9.62. The molecular weight excluding hydrogens is 471 g/mol. The third kappa shape index (κ3) is 5.02. The van der Waals surface area contributed by atoms with E-state index in [-0.39, 0.29) is 5.69 Å². The number of aromatic nitrogens is 2. The summed E-state index contributed by atoms with van der Waals surface area (Å²) in [4.78, 5) is 23.2. The second kappa shape index (κ2) is 9.42. The predicted octanol–water partition coefficient (Wildman–Crippen LogP) is 6.47. The van der Waals surface area contributed by atoms with E-state index in [0.29, 0.717) is 17.3 Å². The van der Waals surface area contributed by atoms with Crippen molar-refractivity contribution in [3.05, 3.63) is 90.4 Å². The van der Waals surface area contributed by atoms with Crippen molar-refractivity contribution in [3.63, 3.8) is 0 Å². The topological polar surface area (TPSA) is 105 Å². The van der Waals surface area contributed by atoms with Crippen LogP contribution in [-0.4, -0.2) is 21.7 Å². The summed E-state index contributed by atoms with van der Waals surface area (Å²) in [6, 6.07) is 21.9. The highest BCUT2D eigenvalue weighted by atomic mass is 19.1. The van der Waals surface area contributed by atoms with E-state index in [0.717, 1.165) is 22.5 Å². The van der Waals surface area contributed by atoms with Crippen LogP contribution < -0.4 is 21.3 Å². The van der Waals surface area contributed by atoms with Crippen molar-refractivity contribution in [3.8, 4) is 11.3 Å². The van der Waals surface area contributed by atoms with Crippen LogP contribution >= 0.6 is 0 Å². The minimum absolute atomic E-state index is 0.00816. The molecule has 1 atom stereocenters. The summed E-state index contributed by atoms with van der Waals surface area (Å²) in [5.74, 6) is 0.348. The number of benzene rings is 2. The molecule has 188 valence electrons. The Morgan fingerprint density at radius 3 is 2.57 bits per heavy atom. The van der Waals surface area contributed by atoms with Crippen molar-refractivity contribution < 1.29 is 13.9 Å². The molecule has 1 amide bonds. The molecule has 2 aromatic heterocycles. The molecule has 2 aromatic carbocycles. The van der Waals surface area contributed by atoms with Crippen LogP contribution in [0.2, 0.25) is 0 Å². The molecule has 0 aliphatic carbocycles. The maximum absolute atomic E-state index is 15.3. The van der Waals surface area contributed by atoms with Crippen LogP contribution in [0, 0.1) is 5.82 Å². The largest absolute Gasteiger partial charge is 0.444 e. The number of hydrogen-bond donors (Lipinski definition) is 3. The Morgan fingerprint density at radius 2 is 1.86 bits per heavy atom. The summed E-state index contributed by atoms with van der Waals surface area (Å²) in [5.41, 5.74) is 9.26. The van der Waals surface area contributed by atoms with Gasteiger partial charge in [0.25, 0.3) is 0 Å². The van der Waals surface area contributed by atoms with E-state index in [1.807, 2.05) is 53.4 Å². The first kappa shape index (κ1) is 24.1. The average Bonchev–Trinajstić information content (AvgIpc) is 3.23. The zero-order valence-corrected chi connectivity index (χ0v) is 20.7. The number of halogens is 1. The molecular formula is C28H27FN6O2. The third-order valence-electron chi connectivity index (χ3n) is 5.76. The lowest BCUT2D eigenvalue weighted by atomic mass is 10.1. The van der Waals surface area contributed by atoms with Gasteiger partial charge in [0, 0.05) is 23.0 Å². The van der Waals surface area contributed by atoms with Crippen molar-refractivity contribution in [1.82, 2.24) is 9.97 Å². The highest BCUT2D eigenvalue weighted by Crippen LogP contribution is 2.46. The molecule has 0 spiro atoms. The van der Waals surface area contributed by atoms with Crippen LogP contribution in [0.1, 0.15) is 32.5 Å². The molecule has 37 heavy (non-hydrogen) atoms. The van der Waals surface area contributed by atoms with Gasteiger partial charge in [-0.05, 0) is 63.2 Å². The van der Waals surface area contributed by atoms with Crippen molar-refractivity contribution >= 4 is 34.8 Å². The summed E-state index contributed by atoms with van der Waals surface area (Å²) < 4.78 is 20.5. The van der Waals surface area contributed by atoms with Gasteiger partial charge in [-0.1, -0.05) is 30.3 Å². The Bertz CT molecular complexity index is 1460. The number of nitrogens with two attached hydrogens (primary N) is 1. The van der Waals surface area contributed by atoms with Gasteiger partial charge in [-0.3, -0.25) is 10.2 Å². The van der Waals surface area contributed by atoms with Crippen LogP contribution in [0.4, 0.5) is 37.9 Å². The number of nitrogens with zero attached hydrogens (tertiary/aromatic N) is 3. The number of ether oxygens (including phenoxy) is 1. The van der Waals surface area contributed by atoms with E-state index < -0.39 is 23.7 Å². The van der Waals surface area contributed by atoms with Gasteiger partial charge in [0.05, 0.1) is 17.1 Å². The Hall–Kier alpha value is -4.66. The number of nitrogens with one attached hydrogen (secondary N) is 2. The predicted molar refractivity (Wildman–Crippen MR) is 143 cm³/mol. The van der Waals surface area contributed by atoms with E-state index in [9.17, 15) is 4.79 Å². The molecule has 0 saturated carbocycles. The Kier molecular flexibility index (Phi) is 6.12. The maximum Gasteiger partial charge on any atom is 0.412 e.